The summed E-state index contributed by atoms with van der Waals surface area (Å²) in [4.78, 5) is 0. The van der Waals surface area contributed by atoms with Gasteiger partial charge in [-0.2, -0.15) is 0 Å². The van der Waals surface area contributed by atoms with Crippen molar-refractivity contribution in [3.05, 3.63) is 0 Å². The molecule has 0 N–H and O–H groups in total. The standard InChI is InChI=1S/C44H94N2/c1-7-9-11-13-15-17-19-21-23-25-27-29-31-33-35-37-41-45(3,4)43-39-40-44-46(5,6)42-38-36-34-32-30-28-26-24-22-20-18-16-14-12-10-8-2/h7-44H2,1-6H3/q+2. The van der Waals surface area contributed by atoms with Crippen LogP contribution < -0.4 is 0 Å². The molecule has 0 aromatic rings. The van der Waals surface area contributed by atoms with Crippen molar-refractivity contribution in [2.24, 2.45) is 0 Å². The number of unbranched alkanes of at least 4 members (excludes halogenated alkanes) is 31. The van der Waals surface area contributed by atoms with Crippen molar-refractivity contribution >= 4 is 0 Å². The Kier molecular flexibility index (Phi) is 34.7. The van der Waals surface area contributed by atoms with E-state index in [1.165, 1.54) is 253 Å². The lowest BCUT2D eigenvalue weighted by Crippen LogP contribution is -2.43. The summed E-state index contributed by atoms with van der Waals surface area (Å²) in [6.45, 7) is 10.1. The molecule has 0 atom stereocenters. The van der Waals surface area contributed by atoms with E-state index in [0.29, 0.717) is 0 Å². The SMILES string of the molecule is CCCCCCCCCCCCCCCCCC[N+](C)(C)CCCC[N+](C)(C)CCCCCCCCCCCCCCCCCC. The maximum atomic E-state index is 2.47. The van der Waals surface area contributed by atoms with Gasteiger partial charge in [0.25, 0.3) is 0 Å². The van der Waals surface area contributed by atoms with Crippen molar-refractivity contribution in [3.8, 4) is 0 Å². The van der Waals surface area contributed by atoms with Gasteiger partial charge in [0.15, 0.2) is 0 Å². The molecule has 0 saturated heterocycles. The molecular weight excluding hydrogens is 556 g/mol. The first kappa shape index (κ1) is 45.9. The topological polar surface area (TPSA) is 0 Å². The smallest absolute Gasteiger partial charge is 0.0784 e. The number of quaternary nitrogens is 2. The summed E-state index contributed by atoms with van der Waals surface area (Å²) in [7, 11) is 9.90. The van der Waals surface area contributed by atoms with Gasteiger partial charge in [-0.25, -0.2) is 0 Å². The first-order chi connectivity index (χ1) is 22.3. The van der Waals surface area contributed by atoms with E-state index >= 15 is 0 Å². The second-order valence-electron chi connectivity index (χ2n) is 17.1. The predicted molar refractivity (Wildman–Crippen MR) is 212 cm³/mol. The first-order valence-electron chi connectivity index (χ1n) is 22.0. The molecule has 0 rings (SSSR count). The van der Waals surface area contributed by atoms with Crippen molar-refractivity contribution in [3.63, 3.8) is 0 Å². The predicted octanol–water partition coefficient (Wildman–Crippen LogP) is 14.4. The summed E-state index contributed by atoms with van der Waals surface area (Å²) >= 11 is 0. The Labute approximate surface area is 294 Å². The fourth-order valence-corrected chi connectivity index (χ4v) is 7.48. The maximum absolute atomic E-state index is 2.47. The van der Waals surface area contributed by atoms with E-state index in [2.05, 4.69) is 42.0 Å². The highest BCUT2D eigenvalue weighted by Crippen LogP contribution is 2.16. The van der Waals surface area contributed by atoms with Crippen molar-refractivity contribution in [2.45, 2.75) is 232 Å². The third kappa shape index (κ3) is 36.8. The van der Waals surface area contributed by atoms with Crippen molar-refractivity contribution in [1.29, 1.82) is 0 Å². The zero-order chi connectivity index (χ0) is 33.9. The van der Waals surface area contributed by atoms with Crippen LogP contribution in [0.15, 0.2) is 0 Å². The molecule has 2 heteroatoms. The van der Waals surface area contributed by atoms with E-state index in [1.807, 2.05) is 0 Å². The van der Waals surface area contributed by atoms with Gasteiger partial charge in [-0.15, -0.1) is 0 Å². The third-order valence-electron chi connectivity index (χ3n) is 11.0. The van der Waals surface area contributed by atoms with Crippen LogP contribution in [0.3, 0.4) is 0 Å². The van der Waals surface area contributed by atoms with Crippen LogP contribution in [-0.4, -0.2) is 63.3 Å². The Morgan fingerprint density at radius 3 is 0.500 bits per heavy atom. The number of hydrogen-bond donors (Lipinski definition) is 0. The Bertz CT molecular complexity index is 518. The molecule has 0 aliphatic carbocycles. The molecule has 278 valence electrons. The zero-order valence-electron chi connectivity index (χ0n) is 33.8. The molecule has 0 unspecified atom stereocenters. The van der Waals surface area contributed by atoms with Gasteiger partial charge >= 0.3 is 0 Å². The lowest BCUT2D eigenvalue weighted by Gasteiger charge is -2.32. The second kappa shape index (κ2) is 34.8. The Balaban J connectivity index is 3.47. The normalized spacial score (nSPS) is 12.4. The summed E-state index contributed by atoms with van der Waals surface area (Å²) in [6, 6.07) is 0. The van der Waals surface area contributed by atoms with Crippen LogP contribution in [0.1, 0.15) is 232 Å². The largest absolute Gasteiger partial charge is 0.328 e. The molecule has 0 heterocycles. The monoisotopic (exact) mass is 651 g/mol. The molecule has 0 aromatic carbocycles. The van der Waals surface area contributed by atoms with E-state index in [4.69, 9.17) is 0 Å². The highest BCUT2D eigenvalue weighted by Gasteiger charge is 2.17. The van der Waals surface area contributed by atoms with Crippen LogP contribution in [0.4, 0.5) is 0 Å². The lowest BCUT2D eigenvalue weighted by molar-refractivity contribution is -0.897. The molecule has 0 radical (unpaired) electrons. The molecule has 0 aliphatic rings. The van der Waals surface area contributed by atoms with Crippen LogP contribution in [0.5, 0.6) is 0 Å². The summed E-state index contributed by atoms with van der Waals surface area (Å²) in [6.07, 6.45) is 49.6. The molecule has 46 heavy (non-hydrogen) atoms. The minimum absolute atomic E-state index is 1.23. The van der Waals surface area contributed by atoms with E-state index in [0.717, 1.165) is 0 Å². The minimum Gasteiger partial charge on any atom is -0.328 e. The van der Waals surface area contributed by atoms with Crippen LogP contribution >= 0.6 is 0 Å². The summed E-state index contributed by atoms with van der Waals surface area (Å²) < 4.78 is 2.45. The Morgan fingerprint density at radius 2 is 0.326 bits per heavy atom. The quantitative estimate of drug-likeness (QED) is 0.0459. The van der Waals surface area contributed by atoms with E-state index in [-0.39, 0.29) is 0 Å². The fourth-order valence-electron chi connectivity index (χ4n) is 7.48. The van der Waals surface area contributed by atoms with E-state index < -0.39 is 0 Å². The summed E-state index contributed by atoms with van der Waals surface area (Å²) in [5.74, 6) is 0. The average molecular weight is 651 g/mol. The van der Waals surface area contributed by atoms with E-state index in [9.17, 15) is 0 Å². The second-order valence-corrected chi connectivity index (χ2v) is 17.1. The number of nitrogens with zero attached hydrogens (tertiary/aromatic N) is 2. The van der Waals surface area contributed by atoms with Crippen LogP contribution in [-0.2, 0) is 0 Å². The fraction of sp³-hybridized carbons (Fsp3) is 1.00. The van der Waals surface area contributed by atoms with Gasteiger partial charge in [-0.3, -0.25) is 0 Å². The average Bonchev–Trinajstić information content (AvgIpc) is 3.02. The molecule has 2 nitrogen and oxygen atoms in total. The molecule has 0 fully saturated rings. The Morgan fingerprint density at radius 1 is 0.196 bits per heavy atom. The summed E-state index contributed by atoms with van der Waals surface area (Å²) in [5.41, 5.74) is 0. The molecule has 0 spiro atoms. The van der Waals surface area contributed by atoms with Gasteiger partial charge in [-0.05, 0) is 25.7 Å². The van der Waals surface area contributed by atoms with Gasteiger partial charge in [-0.1, -0.05) is 194 Å². The van der Waals surface area contributed by atoms with Crippen molar-refractivity contribution in [1.82, 2.24) is 0 Å². The van der Waals surface area contributed by atoms with Crippen LogP contribution in [0.2, 0.25) is 0 Å². The molecular formula is C44H94N2+2. The maximum Gasteiger partial charge on any atom is 0.0784 e. The highest BCUT2D eigenvalue weighted by molar-refractivity contribution is 4.52. The van der Waals surface area contributed by atoms with Crippen LogP contribution in [0.25, 0.3) is 0 Å². The van der Waals surface area contributed by atoms with Gasteiger partial charge in [0.05, 0.1) is 54.4 Å². The van der Waals surface area contributed by atoms with Crippen LogP contribution in [0, 0.1) is 0 Å². The Hall–Kier alpha value is -0.0800. The summed E-state index contributed by atoms with van der Waals surface area (Å²) in [5, 5.41) is 0. The third-order valence-corrected chi connectivity index (χ3v) is 11.0. The van der Waals surface area contributed by atoms with Gasteiger partial charge in [0.1, 0.15) is 0 Å². The van der Waals surface area contributed by atoms with Gasteiger partial charge in [0.2, 0.25) is 0 Å². The number of rotatable bonds is 39. The molecule has 0 saturated carbocycles. The first-order valence-corrected chi connectivity index (χ1v) is 22.0. The number of hydrogen-bond acceptors (Lipinski definition) is 0. The molecule has 0 aromatic heterocycles. The zero-order valence-corrected chi connectivity index (χ0v) is 33.8. The van der Waals surface area contributed by atoms with Crippen molar-refractivity contribution < 1.29 is 8.97 Å². The van der Waals surface area contributed by atoms with Crippen molar-refractivity contribution in [2.75, 3.05) is 54.4 Å². The van der Waals surface area contributed by atoms with E-state index in [1.54, 1.807) is 0 Å². The molecule has 0 bridgehead atoms. The highest BCUT2D eigenvalue weighted by atomic mass is 15.3. The lowest BCUT2D eigenvalue weighted by atomic mass is 10.0. The van der Waals surface area contributed by atoms with Gasteiger partial charge < -0.3 is 8.97 Å². The van der Waals surface area contributed by atoms with Gasteiger partial charge in [0, 0.05) is 12.8 Å². The molecule has 0 amide bonds. The minimum atomic E-state index is 1.23. The molecule has 0 aliphatic heterocycles.